The van der Waals surface area contributed by atoms with Crippen molar-refractivity contribution >= 4 is 28.8 Å². The molecule has 3 heterocycles. The fourth-order valence-corrected chi connectivity index (χ4v) is 4.83. The SMILES string of the molecule is CCOc1cccc(/C(O)=C2/C(=O)C(=O)N(CCN3CCOCC3)C2c2cccs2)c1. The number of carbonyl (C=O) groups excluding carboxylic acids is 2. The molecule has 1 atom stereocenters. The maximum absolute atomic E-state index is 13.0. The molecule has 1 aromatic carbocycles. The Kier molecular flexibility index (Phi) is 6.70. The van der Waals surface area contributed by atoms with Gasteiger partial charge in [0.05, 0.1) is 31.4 Å². The number of rotatable bonds is 7. The lowest BCUT2D eigenvalue weighted by Crippen LogP contribution is -2.42. The number of aliphatic hydroxyl groups excluding tert-OH is 1. The number of nitrogens with zero attached hydrogens (tertiary/aromatic N) is 2. The van der Waals surface area contributed by atoms with E-state index in [1.54, 1.807) is 29.2 Å². The largest absolute Gasteiger partial charge is 0.507 e. The first kappa shape index (κ1) is 21.5. The zero-order valence-corrected chi connectivity index (χ0v) is 18.3. The number of likely N-dealkylation sites (tertiary alicyclic amines) is 1. The Balaban J connectivity index is 1.68. The topological polar surface area (TPSA) is 79.3 Å². The first-order valence-corrected chi connectivity index (χ1v) is 11.3. The number of ketones is 1. The summed E-state index contributed by atoms with van der Waals surface area (Å²) < 4.78 is 10.9. The molecule has 2 aliphatic heterocycles. The van der Waals surface area contributed by atoms with Gasteiger partial charge in [-0.1, -0.05) is 18.2 Å². The van der Waals surface area contributed by atoms with Crippen molar-refractivity contribution in [3.05, 3.63) is 57.8 Å². The number of thiophene rings is 1. The molecule has 2 aromatic rings. The third-order valence-corrected chi connectivity index (χ3v) is 6.46. The molecule has 7 nitrogen and oxygen atoms in total. The number of amides is 1. The predicted octanol–water partition coefficient (Wildman–Crippen LogP) is 2.90. The van der Waals surface area contributed by atoms with Crippen LogP contribution in [0.4, 0.5) is 0 Å². The van der Waals surface area contributed by atoms with Gasteiger partial charge in [-0.15, -0.1) is 11.3 Å². The van der Waals surface area contributed by atoms with E-state index in [9.17, 15) is 14.7 Å². The van der Waals surface area contributed by atoms with Gasteiger partial charge in [0.15, 0.2) is 0 Å². The number of benzene rings is 1. The lowest BCUT2D eigenvalue weighted by atomic mass is 9.99. The van der Waals surface area contributed by atoms with Crippen LogP contribution in [-0.2, 0) is 14.3 Å². The second-order valence-electron chi connectivity index (χ2n) is 7.42. The number of carbonyl (C=O) groups is 2. The first-order chi connectivity index (χ1) is 15.1. The van der Waals surface area contributed by atoms with Crippen LogP contribution in [0.2, 0.25) is 0 Å². The highest BCUT2D eigenvalue weighted by atomic mass is 32.1. The van der Waals surface area contributed by atoms with Gasteiger partial charge >= 0.3 is 0 Å². The first-order valence-electron chi connectivity index (χ1n) is 10.4. The van der Waals surface area contributed by atoms with Crippen LogP contribution < -0.4 is 4.74 Å². The van der Waals surface area contributed by atoms with Crippen molar-refractivity contribution in [2.45, 2.75) is 13.0 Å². The number of hydrogen-bond donors (Lipinski definition) is 1. The van der Waals surface area contributed by atoms with Gasteiger partial charge in [0.1, 0.15) is 11.5 Å². The molecule has 1 aromatic heterocycles. The van der Waals surface area contributed by atoms with Gasteiger partial charge in [-0.05, 0) is 30.5 Å². The van der Waals surface area contributed by atoms with E-state index < -0.39 is 17.7 Å². The standard InChI is InChI=1S/C23H26N2O5S/c1-2-30-17-6-3-5-16(15-17)21(26)19-20(18-7-4-14-31-18)25(23(28)22(19)27)9-8-24-10-12-29-13-11-24/h3-7,14-15,20,26H,2,8-13H2,1H3/b21-19-. The highest BCUT2D eigenvalue weighted by molar-refractivity contribution is 7.10. The van der Waals surface area contributed by atoms with Crippen LogP contribution in [0.15, 0.2) is 47.4 Å². The molecule has 0 radical (unpaired) electrons. The van der Waals surface area contributed by atoms with Crippen LogP contribution in [0.3, 0.4) is 0 Å². The average Bonchev–Trinajstić information content (AvgIpc) is 3.40. The zero-order valence-electron chi connectivity index (χ0n) is 17.5. The van der Waals surface area contributed by atoms with Crippen molar-refractivity contribution in [1.82, 2.24) is 9.80 Å². The molecule has 1 unspecified atom stereocenters. The number of hydrogen-bond acceptors (Lipinski definition) is 7. The minimum absolute atomic E-state index is 0.128. The molecule has 0 aliphatic carbocycles. The second kappa shape index (κ2) is 9.64. The van der Waals surface area contributed by atoms with Crippen LogP contribution in [0, 0.1) is 0 Å². The highest BCUT2D eigenvalue weighted by Crippen LogP contribution is 2.41. The summed E-state index contributed by atoms with van der Waals surface area (Å²) in [6.45, 7) is 6.37. The molecule has 2 saturated heterocycles. The third kappa shape index (κ3) is 4.51. The third-order valence-electron chi connectivity index (χ3n) is 5.53. The monoisotopic (exact) mass is 442 g/mol. The zero-order chi connectivity index (χ0) is 21.8. The minimum Gasteiger partial charge on any atom is -0.507 e. The number of morpholine rings is 1. The van der Waals surface area contributed by atoms with E-state index in [0.29, 0.717) is 44.2 Å². The van der Waals surface area contributed by atoms with Gasteiger partial charge in [0.25, 0.3) is 11.7 Å². The normalized spacial score (nSPS) is 21.6. The van der Waals surface area contributed by atoms with E-state index in [-0.39, 0.29) is 11.3 Å². The summed E-state index contributed by atoms with van der Waals surface area (Å²) in [5.41, 5.74) is 0.585. The molecule has 2 fully saturated rings. The molecule has 1 amide bonds. The van der Waals surface area contributed by atoms with Gasteiger partial charge in [0, 0.05) is 36.6 Å². The van der Waals surface area contributed by atoms with Crippen LogP contribution in [0.1, 0.15) is 23.4 Å². The number of aliphatic hydroxyl groups is 1. The second-order valence-corrected chi connectivity index (χ2v) is 8.40. The molecule has 1 N–H and O–H groups in total. The van der Waals surface area contributed by atoms with Gasteiger partial charge in [-0.2, -0.15) is 0 Å². The molecule has 0 bridgehead atoms. The molecular formula is C23H26N2O5S. The van der Waals surface area contributed by atoms with Crippen LogP contribution in [0.5, 0.6) is 5.75 Å². The Bertz CT molecular complexity index is 966. The Morgan fingerprint density at radius 3 is 2.71 bits per heavy atom. The molecule has 8 heteroatoms. The van der Waals surface area contributed by atoms with Gasteiger partial charge < -0.3 is 19.5 Å². The Hall–Kier alpha value is -2.68. The lowest BCUT2D eigenvalue weighted by Gasteiger charge is -2.30. The van der Waals surface area contributed by atoms with Gasteiger partial charge in [-0.3, -0.25) is 14.5 Å². The highest BCUT2D eigenvalue weighted by Gasteiger charge is 2.46. The quantitative estimate of drug-likeness (QED) is 0.404. The van der Waals surface area contributed by atoms with E-state index in [1.807, 2.05) is 24.4 Å². The van der Waals surface area contributed by atoms with Crippen molar-refractivity contribution in [3.8, 4) is 5.75 Å². The van der Waals surface area contributed by atoms with Crippen LogP contribution in [-0.4, -0.2) is 72.6 Å². The minimum atomic E-state index is -0.653. The van der Waals surface area contributed by atoms with E-state index in [2.05, 4.69) is 4.90 Å². The average molecular weight is 443 g/mol. The van der Waals surface area contributed by atoms with E-state index in [4.69, 9.17) is 9.47 Å². The summed E-state index contributed by atoms with van der Waals surface area (Å²) in [7, 11) is 0. The Morgan fingerprint density at radius 1 is 1.19 bits per heavy atom. The van der Waals surface area contributed by atoms with E-state index in [1.165, 1.54) is 11.3 Å². The fourth-order valence-electron chi connectivity index (χ4n) is 3.98. The van der Waals surface area contributed by atoms with Gasteiger partial charge in [0.2, 0.25) is 0 Å². The molecule has 31 heavy (non-hydrogen) atoms. The predicted molar refractivity (Wildman–Crippen MR) is 118 cm³/mol. The van der Waals surface area contributed by atoms with Crippen molar-refractivity contribution in [2.75, 3.05) is 46.0 Å². The smallest absolute Gasteiger partial charge is 0.295 e. The summed E-state index contributed by atoms with van der Waals surface area (Å²) in [5.74, 6) is -0.804. The summed E-state index contributed by atoms with van der Waals surface area (Å²) >= 11 is 1.47. The molecule has 0 spiro atoms. The van der Waals surface area contributed by atoms with Crippen molar-refractivity contribution in [1.29, 1.82) is 0 Å². The molecule has 4 rings (SSSR count). The maximum atomic E-state index is 13.0. The van der Waals surface area contributed by atoms with Crippen molar-refractivity contribution in [3.63, 3.8) is 0 Å². The van der Waals surface area contributed by atoms with E-state index in [0.717, 1.165) is 18.0 Å². The molecule has 2 aliphatic rings. The van der Waals surface area contributed by atoms with Crippen molar-refractivity contribution < 1.29 is 24.2 Å². The molecule has 164 valence electrons. The molecule has 0 saturated carbocycles. The Labute approximate surface area is 185 Å². The number of Topliss-reactive ketones (excluding diaryl/α,β-unsaturated/α-hetero) is 1. The van der Waals surface area contributed by atoms with Gasteiger partial charge in [-0.25, -0.2) is 0 Å². The number of ether oxygens (including phenoxy) is 2. The molecular weight excluding hydrogens is 416 g/mol. The summed E-state index contributed by atoms with van der Waals surface area (Å²) in [6, 6.07) is 10.1. The fraction of sp³-hybridized carbons (Fsp3) is 0.391. The Morgan fingerprint density at radius 2 is 2.00 bits per heavy atom. The summed E-state index contributed by atoms with van der Waals surface area (Å²) in [6.07, 6.45) is 0. The lowest BCUT2D eigenvalue weighted by molar-refractivity contribution is -0.140. The summed E-state index contributed by atoms with van der Waals surface area (Å²) in [5, 5.41) is 13.0. The van der Waals surface area contributed by atoms with Crippen LogP contribution in [0.25, 0.3) is 5.76 Å². The summed E-state index contributed by atoms with van der Waals surface area (Å²) in [4.78, 5) is 30.7. The van der Waals surface area contributed by atoms with E-state index >= 15 is 0 Å². The van der Waals surface area contributed by atoms with Crippen LogP contribution >= 0.6 is 11.3 Å². The maximum Gasteiger partial charge on any atom is 0.295 e. The van der Waals surface area contributed by atoms with Crippen molar-refractivity contribution in [2.24, 2.45) is 0 Å².